The minimum absolute atomic E-state index is 0.157. The Kier molecular flexibility index (Phi) is 4.39. The van der Waals surface area contributed by atoms with E-state index in [2.05, 4.69) is 13.0 Å². The summed E-state index contributed by atoms with van der Waals surface area (Å²) in [6.07, 6.45) is 2.07. The summed E-state index contributed by atoms with van der Waals surface area (Å²) in [6, 6.07) is 2.36. The Labute approximate surface area is 104 Å². The van der Waals surface area contributed by atoms with E-state index in [1.165, 1.54) is 0 Å². The van der Waals surface area contributed by atoms with Crippen molar-refractivity contribution in [1.82, 2.24) is 4.90 Å². The van der Waals surface area contributed by atoms with E-state index >= 15 is 0 Å². The maximum atomic E-state index is 12.0. The van der Waals surface area contributed by atoms with Crippen molar-refractivity contribution in [2.75, 3.05) is 6.54 Å². The molecule has 0 radical (unpaired) electrons. The lowest BCUT2D eigenvalue weighted by molar-refractivity contribution is 0.0205. The van der Waals surface area contributed by atoms with Gasteiger partial charge in [-0.1, -0.05) is 6.92 Å². The molecule has 4 nitrogen and oxygen atoms in total. The summed E-state index contributed by atoms with van der Waals surface area (Å²) in [7, 11) is 0. The monoisotopic (exact) mass is 238 g/mol. The molecule has 1 saturated heterocycles. The van der Waals surface area contributed by atoms with Crippen LogP contribution in [0.25, 0.3) is 0 Å². The third kappa shape index (κ3) is 3.62. The molecule has 17 heavy (non-hydrogen) atoms. The fourth-order valence-corrected chi connectivity index (χ4v) is 2.37. The Morgan fingerprint density at radius 1 is 1.53 bits per heavy atom. The molecule has 0 aromatic heterocycles. The molecule has 4 heteroatoms. The zero-order valence-electron chi connectivity index (χ0n) is 11.2. The number of ether oxygens (including phenoxy) is 1. The third-order valence-electron chi connectivity index (χ3n) is 3.09. The lowest BCUT2D eigenvalue weighted by atomic mass is 9.95. The molecule has 0 bridgehead atoms. The number of nitriles is 1. The van der Waals surface area contributed by atoms with Gasteiger partial charge in [0.1, 0.15) is 5.60 Å². The van der Waals surface area contributed by atoms with Gasteiger partial charge in [-0.05, 0) is 39.5 Å². The van der Waals surface area contributed by atoms with Gasteiger partial charge in [0.15, 0.2) is 0 Å². The van der Waals surface area contributed by atoms with Crippen LogP contribution in [0, 0.1) is 17.2 Å². The van der Waals surface area contributed by atoms with Crippen molar-refractivity contribution < 1.29 is 9.53 Å². The molecule has 0 N–H and O–H groups in total. The van der Waals surface area contributed by atoms with Crippen LogP contribution >= 0.6 is 0 Å². The topological polar surface area (TPSA) is 53.3 Å². The molecule has 1 heterocycles. The van der Waals surface area contributed by atoms with Crippen molar-refractivity contribution in [3.8, 4) is 6.07 Å². The van der Waals surface area contributed by atoms with E-state index in [9.17, 15) is 4.79 Å². The van der Waals surface area contributed by atoms with Gasteiger partial charge in [-0.3, -0.25) is 0 Å². The molecule has 2 unspecified atom stereocenters. The third-order valence-corrected chi connectivity index (χ3v) is 3.09. The minimum atomic E-state index is -0.456. The largest absolute Gasteiger partial charge is 0.444 e. The van der Waals surface area contributed by atoms with Crippen LogP contribution in [0.1, 0.15) is 47.0 Å². The standard InChI is InChI=1S/C13H22N2O2/c1-5-11-10(6-8-14)7-9-15(11)12(16)17-13(2,3)4/h10-11H,5-7,9H2,1-4H3. The molecule has 1 rings (SSSR count). The Hall–Kier alpha value is -1.24. The molecule has 1 fully saturated rings. The molecule has 0 spiro atoms. The number of likely N-dealkylation sites (tertiary alicyclic amines) is 1. The number of hydrogen-bond donors (Lipinski definition) is 0. The summed E-state index contributed by atoms with van der Waals surface area (Å²) in [5.74, 6) is 0.303. The van der Waals surface area contributed by atoms with E-state index in [1.54, 1.807) is 4.90 Å². The normalized spacial score (nSPS) is 24.5. The zero-order valence-corrected chi connectivity index (χ0v) is 11.2. The number of carbonyl (C=O) groups excluding carboxylic acids is 1. The predicted molar refractivity (Wildman–Crippen MR) is 65.4 cm³/mol. The average molecular weight is 238 g/mol. The Balaban J connectivity index is 2.66. The van der Waals surface area contributed by atoms with E-state index in [1.807, 2.05) is 20.8 Å². The molecular formula is C13H22N2O2. The highest BCUT2D eigenvalue weighted by Crippen LogP contribution is 2.30. The van der Waals surface area contributed by atoms with Crippen LogP contribution in [-0.4, -0.2) is 29.2 Å². The number of nitrogens with zero attached hydrogens (tertiary/aromatic N) is 2. The second-order valence-electron chi connectivity index (χ2n) is 5.56. The first-order valence-electron chi connectivity index (χ1n) is 6.25. The van der Waals surface area contributed by atoms with Crippen LogP contribution in [0.15, 0.2) is 0 Å². The molecular weight excluding hydrogens is 216 g/mol. The second-order valence-corrected chi connectivity index (χ2v) is 5.56. The van der Waals surface area contributed by atoms with Gasteiger partial charge < -0.3 is 9.64 Å². The van der Waals surface area contributed by atoms with Gasteiger partial charge in [-0.25, -0.2) is 4.79 Å². The van der Waals surface area contributed by atoms with Crippen molar-refractivity contribution in [3.63, 3.8) is 0 Å². The van der Waals surface area contributed by atoms with Crippen molar-refractivity contribution in [1.29, 1.82) is 5.26 Å². The van der Waals surface area contributed by atoms with Crippen LogP contribution in [0.2, 0.25) is 0 Å². The maximum Gasteiger partial charge on any atom is 0.410 e. The van der Waals surface area contributed by atoms with E-state index in [0.717, 1.165) is 12.8 Å². The molecule has 0 saturated carbocycles. The molecule has 1 aliphatic rings. The van der Waals surface area contributed by atoms with Crippen molar-refractivity contribution in [2.45, 2.75) is 58.6 Å². The molecule has 0 aromatic carbocycles. The van der Waals surface area contributed by atoms with E-state index < -0.39 is 5.60 Å². The highest BCUT2D eigenvalue weighted by molar-refractivity contribution is 5.69. The Morgan fingerprint density at radius 2 is 2.18 bits per heavy atom. The number of amides is 1. The van der Waals surface area contributed by atoms with E-state index in [-0.39, 0.29) is 12.1 Å². The van der Waals surface area contributed by atoms with Crippen LogP contribution in [0.5, 0.6) is 0 Å². The minimum Gasteiger partial charge on any atom is -0.444 e. The molecule has 2 atom stereocenters. The highest BCUT2D eigenvalue weighted by atomic mass is 16.6. The summed E-state index contributed by atoms with van der Waals surface area (Å²) >= 11 is 0. The quantitative estimate of drug-likeness (QED) is 0.743. The summed E-state index contributed by atoms with van der Waals surface area (Å²) < 4.78 is 5.38. The Bertz CT molecular complexity index is 314. The second kappa shape index (κ2) is 5.39. The number of hydrogen-bond acceptors (Lipinski definition) is 3. The van der Waals surface area contributed by atoms with Gasteiger partial charge in [-0.2, -0.15) is 5.26 Å². The first-order chi connectivity index (χ1) is 7.89. The van der Waals surface area contributed by atoms with Gasteiger partial charge in [-0.15, -0.1) is 0 Å². The van der Waals surface area contributed by atoms with Crippen LogP contribution in [-0.2, 0) is 4.74 Å². The molecule has 1 aliphatic heterocycles. The van der Waals surface area contributed by atoms with Crippen LogP contribution < -0.4 is 0 Å². The zero-order chi connectivity index (χ0) is 13.1. The first kappa shape index (κ1) is 13.8. The predicted octanol–water partition coefficient (Wildman–Crippen LogP) is 2.94. The van der Waals surface area contributed by atoms with Gasteiger partial charge in [0.05, 0.1) is 6.07 Å². The van der Waals surface area contributed by atoms with Gasteiger partial charge >= 0.3 is 6.09 Å². The maximum absolute atomic E-state index is 12.0. The fourth-order valence-electron chi connectivity index (χ4n) is 2.37. The van der Waals surface area contributed by atoms with Crippen molar-refractivity contribution >= 4 is 6.09 Å². The summed E-state index contributed by atoms with van der Waals surface area (Å²) in [6.45, 7) is 8.37. The molecule has 0 aliphatic carbocycles. The van der Waals surface area contributed by atoms with Gasteiger partial charge in [0.2, 0.25) is 0 Å². The summed E-state index contributed by atoms with van der Waals surface area (Å²) in [5, 5.41) is 8.77. The van der Waals surface area contributed by atoms with Crippen LogP contribution in [0.3, 0.4) is 0 Å². The fraction of sp³-hybridized carbons (Fsp3) is 0.846. The first-order valence-corrected chi connectivity index (χ1v) is 6.25. The van der Waals surface area contributed by atoms with Crippen molar-refractivity contribution in [2.24, 2.45) is 5.92 Å². The Morgan fingerprint density at radius 3 is 2.65 bits per heavy atom. The SMILES string of the molecule is CCC1C(CC#N)CCN1C(=O)OC(C)(C)C. The summed E-state index contributed by atoms with van der Waals surface area (Å²) in [5.41, 5.74) is -0.456. The van der Waals surface area contributed by atoms with E-state index in [4.69, 9.17) is 10.00 Å². The van der Waals surface area contributed by atoms with Crippen molar-refractivity contribution in [3.05, 3.63) is 0 Å². The number of carbonyl (C=O) groups is 1. The lowest BCUT2D eigenvalue weighted by Gasteiger charge is -2.29. The summed E-state index contributed by atoms with van der Waals surface area (Å²) in [4.78, 5) is 13.8. The van der Waals surface area contributed by atoms with E-state index in [0.29, 0.717) is 18.9 Å². The lowest BCUT2D eigenvalue weighted by Crippen LogP contribution is -2.41. The molecule has 1 amide bonds. The molecule has 96 valence electrons. The smallest absolute Gasteiger partial charge is 0.410 e. The van der Waals surface area contributed by atoms with Gasteiger partial charge in [0.25, 0.3) is 0 Å². The van der Waals surface area contributed by atoms with Crippen LogP contribution in [0.4, 0.5) is 4.79 Å². The average Bonchev–Trinajstić information content (AvgIpc) is 2.58. The molecule has 0 aromatic rings. The van der Waals surface area contributed by atoms with Gasteiger partial charge in [0, 0.05) is 19.0 Å². The number of rotatable bonds is 2. The highest BCUT2D eigenvalue weighted by Gasteiger charge is 2.37.